The smallest absolute Gasteiger partial charge is 0.241 e. The molecule has 0 spiro atoms. The molecule has 84 valence electrons. The first-order valence-corrected chi connectivity index (χ1v) is 5.22. The maximum atomic E-state index is 11.5. The molecule has 1 aromatic carbocycles. The Bertz CT molecular complexity index is 439. The van der Waals surface area contributed by atoms with E-state index in [-0.39, 0.29) is 5.91 Å². The van der Waals surface area contributed by atoms with E-state index in [0.717, 1.165) is 0 Å². The summed E-state index contributed by atoms with van der Waals surface area (Å²) in [6.07, 6.45) is 0.565. The maximum Gasteiger partial charge on any atom is 0.241 e. The molecule has 0 saturated carbocycles. The van der Waals surface area contributed by atoms with E-state index in [0.29, 0.717) is 22.7 Å². The fraction of sp³-hybridized carbons (Fsp3) is 0.273. The van der Waals surface area contributed by atoms with E-state index in [1.165, 1.54) is 6.07 Å². The molecule has 1 atom stereocenters. The van der Waals surface area contributed by atoms with E-state index in [9.17, 15) is 4.79 Å². The van der Waals surface area contributed by atoms with Crippen LogP contribution in [0.15, 0.2) is 18.2 Å². The Morgan fingerprint density at radius 2 is 2.38 bits per heavy atom. The van der Waals surface area contributed by atoms with Crippen molar-refractivity contribution in [2.75, 3.05) is 5.32 Å². The van der Waals surface area contributed by atoms with Crippen LogP contribution in [0.1, 0.15) is 18.9 Å². The zero-order chi connectivity index (χ0) is 12.1. The molecule has 1 aromatic rings. The predicted octanol–water partition coefficient (Wildman–Crippen LogP) is 1.89. The van der Waals surface area contributed by atoms with Gasteiger partial charge in [0.05, 0.1) is 16.6 Å². The van der Waals surface area contributed by atoms with E-state index in [1.54, 1.807) is 12.1 Å². The number of halogens is 1. The topological polar surface area (TPSA) is 78.9 Å². The van der Waals surface area contributed by atoms with Crippen LogP contribution in [0, 0.1) is 11.3 Å². The number of nitrogens with two attached hydrogens (primary N) is 1. The summed E-state index contributed by atoms with van der Waals surface area (Å²) in [5, 5.41) is 11.6. The van der Waals surface area contributed by atoms with Crippen LogP contribution in [0.5, 0.6) is 0 Å². The third kappa shape index (κ3) is 2.96. The quantitative estimate of drug-likeness (QED) is 0.843. The van der Waals surface area contributed by atoms with Crippen molar-refractivity contribution in [3.05, 3.63) is 28.8 Å². The van der Waals surface area contributed by atoms with Gasteiger partial charge in [0.25, 0.3) is 0 Å². The van der Waals surface area contributed by atoms with Gasteiger partial charge in [0, 0.05) is 5.69 Å². The summed E-state index contributed by atoms with van der Waals surface area (Å²) in [7, 11) is 0. The van der Waals surface area contributed by atoms with Gasteiger partial charge in [-0.1, -0.05) is 18.5 Å². The molecule has 0 unspecified atom stereocenters. The highest BCUT2D eigenvalue weighted by molar-refractivity contribution is 6.32. The molecule has 5 heteroatoms. The Labute approximate surface area is 99.0 Å². The number of carbonyl (C=O) groups is 1. The van der Waals surface area contributed by atoms with E-state index >= 15 is 0 Å². The molecule has 3 N–H and O–H groups in total. The number of carbonyl (C=O) groups excluding carboxylic acids is 1. The Morgan fingerprint density at radius 3 is 2.88 bits per heavy atom. The van der Waals surface area contributed by atoms with Crippen molar-refractivity contribution in [2.45, 2.75) is 19.4 Å². The van der Waals surface area contributed by atoms with Crippen molar-refractivity contribution in [3.8, 4) is 6.07 Å². The zero-order valence-corrected chi connectivity index (χ0v) is 9.58. The van der Waals surface area contributed by atoms with Crippen molar-refractivity contribution in [1.82, 2.24) is 0 Å². The standard InChI is InChI=1S/C11H12ClN3O/c1-2-10(14)11(16)15-8-4-3-7(6-13)9(12)5-8/h3-5,10H,2,14H2,1H3,(H,15,16)/t10-/m0/s1. The fourth-order valence-corrected chi connectivity index (χ4v) is 1.33. The normalized spacial score (nSPS) is 11.6. The number of rotatable bonds is 3. The molecule has 4 nitrogen and oxygen atoms in total. The maximum absolute atomic E-state index is 11.5. The minimum absolute atomic E-state index is 0.261. The lowest BCUT2D eigenvalue weighted by molar-refractivity contribution is -0.117. The number of nitrogens with one attached hydrogen (secondary N) is 1. The van der Waals surface area contributed by atoms with Gasteiger partial charge in [-0.15, -0.1) is 0 Å². The van der Waals surface area contributed by atoms with Gasteiger partial charge < -0.3 is 11.1 Å². The number of nitrogens with zero attached hydrogens (tertiary/aromatic N) is 1. The number of benzene rings is 1. The molecule has 0 heterocycles. The van der Waals surface area contributed by atoms with Gasteiger partial charge in [-0.3, -0.25) is 4.79 Å². The van der Waals surface area contributed by atoms with Crippen molar-refractivity contribution >= 4 is 23.2 Å². The van der Waals surface area contributed by atoms with Gasteiger partial charge in [0.2, 0.25) is 5.91 Å². The minimum atomic E-state index is -0.533. The number of anilines is 1. The highest BCUT2D eigenvalue weighted by atomic mass is 35.5. The number of nitriles is 1. The third-order valence-electron chi connectivity index (χ3n) is 2.13. The van der Waals surface area contributed by atoms with Crippen molar-refractivity contribution < 1.29 is 4.79 Å². The average molecular weight is 238 g/mol. The molecule has 0 aliphatic rings. The summed E-state index contributed by atoms with van der Waals surface area (Å²) in [5.41, 5.74) is 6.48. The van der Waals surface area contributed by atoms with E-state index in [2.05, 4.69) is 5.32 Å². The lowest BCUT2D eigenvalue weighted by Crippen LogP contribution is -2.34. The first-order valence-electron chi connectivity index (χ1n) is 4.84. The molecule has 1 amide bonds. The SMILES string of the molecule is CC[C@H](N)C(=O)Nc1ccc(C#N)c(Cl)c1. The summed E-state index contributed by atoms with van der Waals surface area (Å²) in [4.78, 5) is 11.5. The molecule has 0 radical (unpaired) electrons. The third-order valence-corrected chi connectivity index (χ3v) is 2.45. The Hall–Kier alpha value is -1.57. The Balaban J connectivity index is 2.80. The molecule has 0 aliphatic carbocycles. The first kappa shape index (κ1) is 12.5. The monoisotopic (exact) mass is 237 g/mol. The fourth-order valence-electron chi connectivity index (χ4n) is 1.10. The van der Waals surface area contributed by atoms with Gasteiger partial charge in [0.1, 0.15) is 6.07 Å². The lowest BCUT2D eigenvalue weighted by Gasteiger charge is -2.10. The molecule has 0 aromatic heterocycles. The van der Waals surface area contributed by atoms with Gasteiger partial charge in [-0.05, 0) is 24.6 Å². The first-order chi connectivity index (χ1) is 7.58. The molecule has 16 heavy (non-hydrogen) atoms. The predicted molar refractivity (Wildman–Crippen MR) is 63.1 cm³/mol. The summed E-state index contributed by atoms with van der Waals surface area (Å²) in [5.74, 6) is -0.261. The summed E-state index contributed by atoms with van der Waals surface area (Å²) < 4.78 is 0. The van der Waals surface area contributed by atoms with Crippen LogP contribution in [0.25, 0.3) is 0 Å². The van der Waals surface area contributed by atoms with Gasteiger partial charge in [-0.2, -0.15) is 5.26 Å². The summed E-state index contributed by atoms with van der Waals surface area (Å²) >= 11 is 5.82. The lowest BCUT2D eigenvalue weighted by atomic mass is 10.2. The van der Waals surface area contributed by atoms with Crippen LogP contribution >= 0.6 is 11.6 Å². The molecule has 0 aliphatic heterocycles. The van der Waals surface area contributed by atoms with Gasteiger partial charge in [-0.25, -0.2) is 0 Å². The largest absolute Gasteiger partial charge is 0.325 e. The molecule has 0 bridgehead atoms. The van der Waals surface area contributed by atoms with Crippen LogP contribution < -0.4 is 11.1 Å². The van der Waals surface area contributed by atoms with Gasteiger partial charge >= 0.3 is 0 Å². The minimum Gasteiger partial charge on any atom is -0.325 e. The summed E-state index contributed by atoms with van der Waals surface area (Å²) in [6, 6.07) is 6.10. The second kappa shape index (κ2) is 5.50. The molecule has 0 fully saturated rings. The highest BCUT2D eigenvalue weighted by Crippen LogP contribution is 2.20. The van der Waals surface area contributed by atoms with Crippen LogP contribution in [-0.2, 0) is 4.79 Å². The molecular formula is C11H12ClN3O. The Morgan fingerprint density at radius 1 is 1.69 bits per heavy atom. The van der Waals surface area contributed by atoms with Crippen LogP contribution in [0.3, 0.4) is 0 Å². The van der Waals surface area contributed by atoms with Gasteiger partial charge in [0.15, 0.2) is 0 Å². The molecular weight excluding hydrogens is 226 g/mol. The second-order valence-electron chi connectivity index (χ2n) is 3.31. The summed E-state index contributed by atoms with van der Waals surface area (Å²) in [6.45, 7) is 1.83. The molecule has 1 rings (SSSR count). The van der Waals surface area contributed by atoms with E-state index in [1.807, 2.05) is 13.0 Å². The van der Waals surface area contributed by atoms with Crippen LogP contribution in [0.4, 0.5) is 5.69 Å². The van der Waals surface area contributed by atoms with Crippen molar-refractivity contribution in [1.29, 1.82) is 5.26 Å². The molecule has 0 saturated heterocycles. The number of amides is 1. The Kier molecular flexibility index (Phi) is 4.29. The second-order valence-corrected chi connectivity index (χ2v) is 3.72. The van der Waals surface area contributed by atoms with E-state index in [4.69, 9.17) is 22.6 Å². The van der Waals surface area contributed by atoms with Crippen molar-refractivity contribution in [3.63, 3.8) is 0 Å². The number of hydrogen-bond donors (Lipinski definition) is 2. The zero-order valence-electron chi connectivity index (χ0n) is 8.83. The average Bonchev–Trinajstić information content (AvgIpc) is 2.28. The van der Waals surface area contributed by atoms with Crippen LogP contribution in [-0.4, -0.2) is 11.9 Å². The van der Waals surface area contributed by atoms with E-state index < -0.39 is 6.04 Å². The van der Waals surface area contributed by atoms with Crippen molar-refractivity contribution in [2.24, 2.45) is 5.73 Å². The van der Waals surface area contributed by atoms with Crippen LogP contribution in [0.2, 0.25) is 5.02 Å². The highest BCUT2D eigenvalue weighted by Gasteiger charge is 2.11. The number of hydrogen-bond acceptors (Lipinski definition) is 3.